The van der Waals surface area contributed by atoms with Gasteiger partial charge in [0.05, 0.1) is 5.69 Å². The Labute approximate surface area is 165 Å². The summed E-state index contributed by atoms with van der Waals surface area (Å²) in [5.41, 5.74) is 3.17. The van der Waals surface area contributed by atoms with Crippen molar-refractivity contribution in [3.8, 4) is 17.3 Å². The van der Waals surface area contributed by atoms with Crippen molar-refractivity contribution in [3.05, 3.63) is 47.5 Å². The van der Waals surface area contributed by atoms with Gasteiger partial charge in [-0.3, -0.25) is 4.79 Å². The van der Waals surface area contributed by atoms with E-state index in [1.807, 2.05) is 53.8 Å². The van der Waals surface area contributed by atoms with E-state index in [4.69, 9.17) is 9.52 Å². The van der Waals surface area contributed by atoms with Crippen molar-refractivity contribution in [2.45, 2.75) is 41.0 Å². The highest BCUT2D eigenvalue weighted by molar-refractivity contribution is 5.94. The molecule has 0 saturated heterocycles. The van der Waals surface area contributed by atoms with Crippen LogP contribution in [0.25, 0.3) is 17.3 Å². The quantitative estimate of drug-likeness (QED) is 0.620. The van der Waals surface area contributed by atoms with E-state index in [-0.39, 0.29) is 5.91 Å². The topological polar surface area (TPSA) is 77.1 Å². The zero-order valence-electron chi connectivity index (χ0n) is 17.1. The highest BCUT2D eigenvalue weighted by atomic mass is 16.4. The fourth-order valence-electron chi connectivity index (χ4n) is 3.18. The predicted molar refractivity (Wildman–Crippen MR) is 107 cm³/mol. The first-order chi connectivity index (χ1) is 13.4. The van der Waals surface area contributed by atoms with E-state index in [9.17, 15) is 4.79 Å². The van der Waals surface area contributed by atoms with Crippen LogP contribution < -0.4 is 0 Å². The van der Waals surface area contributed by atoms with Gasteiger partial charge in [0, 0.05) is 31.3 Å². The van der Waals surface area contributed by atoms with Gasteiger partial charge in [-0.25, -0.2) is 4.68 Å². The van der Waals surface area contributed by atoms with Crippen LogP contribution in [0.4, 0.5) is 0 Å². The largest absolute Gasteiger partial charge is 0.420 e. The summed E-state index contributed by atoms with van der Waals surface area (Å²) in [6.07, 6.45) is 0.842. The molecule has 0 aliphatic carbocycles. The zero-order chi connectivity index (χ0) is 20.3. The van der Waals surface area contributed by atoms with Gasteiger partial charge in [-0.1, -0.05) is 19.9 Å². The van der Waals surface area contributed by atoms with E-state index in [0.29, 0.717) is 42.0 Å². The van der Waals surface area contributed by atoms with Crippen molar-refractivity contribution in [1.82, 2.24) is 24.9 Å². The van der Waals surface area contributed by atoms with Crippen LogP contribution in [-0.4, -0.2) is 43.9 Å². The highest BCUT2D eigenvalue weighted by Crippen LogP contribution is 2.23. The Balaban J connectivity index is 2.03. The molecule has 0 unspecified atom stereocenters. The van der Waals surface area contributed by atoms with Crippen LogP contribution in [0, 0.1) is 12.8 Å². The molecule has 0 aliphatic rings. The summed E-state index contributed by atoms with van der Waals surface area (Å²) in [6, 6.07) is 9.56. The Bertz CT molecular complexity index is 953. The normalized spacial score (nSPS) is 11.2. The maximum Gasteiger partial charge on any atom is 0.268 e. The summed E-state index contributed by atoms with van der Waals surface area (Å²) in [4.78, 5) is 14.6. The van der Waals surface area contributed by atoms with Gasteiger partial charge in [-0.2, -0.15) is 5.10 Å². The van der Waals surface area contributed by atoms with E-state index in [2.05, 4.69) is 24.0 Å². The monoisotopic (exact) mass is 381 g/mol. The Morgan fingerprint density at radius 3 is 2.54 bits per heavy atom. The van der Waals surface area contributed by atoms with E-state index < -0.39 is 0 Å². The molecule has 7 heteroatoms. The summed E-state index contributed by atoms with van der Waals surface area (Å²) >= 11 is 0. The van der Waals surface area contributed by atoms with E-state index in [1.165, 1.54) is 0 Å². The molecule has 3 aromatic rings. The lowest BCUT2D eigenvalue weighted by molar-refractivity contribution is 0.0773. The van der Waals surface area contributed by atoms with E-state index >= 15 is 0 Å². The standard InChI is InChI=1S/C21H27N5O2/c1-6-25(7-2)21(27)16-9-8-10-17(12-16)26-18(11-14(3)4)13-19(24-26)20-23-22-15(5)28-20/h8-10,12-14H,6-7,11H2,1-5H3. The molecule has 148 valence electrons. The molecule has 0 saturated carbocycles. The number of aryl methyl sites for hydroxylation is 1. The molecule has 1 amide bonds. The third-order valence-corrected chi connectivity index (χ3v) is 4.53. The average Bonchev–Trinajstić information content (AvgIpc) is 3.28. The van der Waals surface area contributed by atoms with Gasteiger partial charge in [0.15, 0.2) is 0 Å². The molecular weight excluding hydrogens is 354 g/mol. The zero-order valence-corrected chi connectivity index (χ0v) is 17.1. The SMILES string of the molecule is CCN(CC)C(=O)c1cccc(-n2nc(-c3nnc(C)o3)cc2CC(C)C)c1. The van der Waals surface area contributed by atoms with Crippen molar-refractivity contribution in [1.29, 1.82) is 0 Å². The Hall–Kier alpha value is -2.96. The molecule has 7 nitrogen and oxygen atoms in total. The van der Waals surface area contributed by atoms with Crippen LogP contribution in [0.15, 0.2) is 34.7 Å². The molecule has 0 radical (unpaired) electrons. The highest BCUT2D eigenvalue weighted by Gasteiger charge is 2.18. The van der Waals surface area contributed by atoms with Crippen molar-refractivity contribution in [2.24, 2.45) is 5.92 Å². The van der Waals surface area contributed by atoms with Crippen molar-refractivity contribution >= 4 is 5.91 Å². The van der Waals surface area contributed by atoms with Crippen LogP contribution in [-0.2, 0) is 6.42 Å². The van der Waals surface area contributed by atoms with Gasteiger partial charge in [-0.05, 0) is 50.5 Å². The van der Waals surface area contributed by atoms with Crippen LogP contribution in [0.5, 0.6) is 0 Å². The maximum absolute atomic E-state index is 12.7. The van der Waals surface area contributed by atoms with Gasteiger partial charge in [0.1, 0.15) is 5.69 Å². The van der Waals surface area contributed by atoms with Crippen LogP contribution >= 0.6 is 0 Å². The van der Waals surface area contributed by atoms with E-state index in [1.54, 1.807) is 6.92 Å². The third kappa shape index (κ3) is 4.13. The number of benzene rings is 1. The third-order valence-electron chi connectivity index (χ3n) is 4.53. The molecule has 2 heterocycles. The minimum atomic E-state index is 0.0252. The summed E-state index contributed by atoms with van der Waals surface area (Å²) in [5, 5.41) is 12.7. The van der Waals surface area contributed by atoms with Crippen LogP contribution in [0.1, 0.15) is 49.6 Å². The minimum Gasteiger partial charge on any atom is -0.420 e. The van der Waals surface area contributed by atoms with Gasteiger partial charge >= 0.3 is 0 Å². The fraction of sp³-hybridized carbons (Fsp3) is 0.429. The number of hydrogen-bond donors (Lipinski definition) is 0. The number of rotatable bonds is 7. The van der Waals surface area contributed by atoms with Crippen LogP contribution in [0.2, 0.25) is 0 Å². The maximum atomic E-state index is 12.7. The molecule has 0 fully saturated rings. The second-order valence-corrected chi connectivity index (χ2v) is 7.18. The summed E-state index contributed by atoms with van der Waals surface area (Å²) < 4.78 is 7.41. The number of carbonyl (C=O) groups excluding carboxylic acids is 1. The lowest BCUT2D eigenvalue weighted by atomic mass is 10.1. The molecule has 0 aliphatic heterocycles. The Morgan fingerprint density at radius 2 is 1.93 bits per heavy atom. The Kier molecular flexibility index (Phi) is 5.92. The smallest absolute Gasteiger partial charge is 0.268 e. The first-order valence-electron chi connectivity index (χ1n) is 9.72. The van der Waals surface area contributed by atoms with Crippen molar-refractivity contribution in [3.63, 3.8) is 0 Å². The molecule has 0 bridgehead atoms. The average molecular weight is 381 g/mol. The first kappa shape index (κ1) is 19.8. The number of aromatic nitrogens is 4. The summed E-state index contributed by atoms with van der Waals surface area (Å²) in [7, 11) is 0. The van der Waals surface area contributed by atoms with Gasteiger partial charge < -0.3 is 9.32 Å². The molecule has 0 atom stereocenters. The number of nitrogens with zero attached hydrogens (tertiary/aromatic N) is 5. The minimum absolute atomic E-state index is 0.0252. The number of amides is 1. The number of hydrogen-bond acceptors (Lipinski definition) is 5. The summed E-state index contributed by atoms with van der Waals surface area (Å²) in [5.74, 6) is 1.38. The molecule has 0 N–H and O–H groups in total. The van der Waals surface area contributed by atoms with Crippen molar-refractivity contribution < 1.29 is 9.21 Å². The molecule has 28 heavy (non-hydrogen) atoms. The molecule has 0 spiro atoms. The summed E-state index contributed by atoms with van der Waals surface area (Å²) in [6.45, 7) is 11.4. The fourth-order valence-corrected chi connectivity index (χ4v) is 3.18. The van der Waals surface area contributed by atoms with E-state index in [0.717, 1.165) is 17.8 Å². The van der Waals surface area contributed by atoms with Crippen molar-refractivity contribution in [2.75, 3.05) is 13.1 Å². The van der Waals surface area contributed by atoms with Gasteiger partial charge in [0.2, 0.25) is 5.89 Å². The molecule has 3 rings (SSSR count). The molecular formula is C21H27N5O2. The Morgan fingerprint density at radius 1 is 1.18 bits per heavy atom. The molecule has 1 aromatic carbocycles. The van der Waals surface area contributed by atoms with Gasteiger partial charge in [-0.15, -0.1) is 10.2 Å². The van der Waals surface area contributed by atoms with Gasteiger partial charge in [0.25, 0.3) is 11.8 Å². The molecule has 2 aromatic heterocycles. The lowest BCUT2D eigenvalue weighted by Gasteiger charge is -2.19. The number of carbonyl (C=O) groups is 1. The second kappa shape index (κ2) is 8.37. The lowest BCUT2D eigenvalue weighted by Crippen LogP contribution is -2.30. The predicted octanol–water partition coefficient (Wildman–Crippen LogP) is 3.91. The van der Waals surface area contributed by atoms with Crippen LogP contribution in [0.3, 0.4) is 0 Å². The second-order valence-electron chi connectivity index (χ2n) is 7.18. The first-order valence-corrected chi connectivity index (χ1v) is 9.72.